The van der Waals surface area contributed by atoms with Crippen LogP contribution in [0.4, 0.5) is 5.69 Å². The van der Waals surface area contributed by atoms with Gasteiger partial charge in [-0.2, -0.15) is 0 Å². The van der Waals surface area contributed by atoms with Gasteiger partial charge in [0.15, 0.2) is 0 Å². The molecule has 2 aromatic rings. The minimum absolute atomic E-state index is 0.205. The Bertz CT molecular complexity index is 980. The normalized spacial score (nSPS) is 16.1. The second kappa shape index (κ2) is 8.11. The number of carbonyl (C=O) groups is 2. The summed E-state index contributed by atoms with van der Waals surface area (Å²) in [6.07, 6.45) is 3.70. The van der Waals surface area contributed by atoms with Crippen LogP contribution in [0, 0.1) is 0 Å². The SMILES string of the molecule is CCCCCN1C(=O)C(c2ccccc2OC)=C(N2CCc3ccccc32)C1=O. The third-order valence-electron chi connectivity index (χ3n) is 5.66. The molecule has 0 radical (unpaired) electrons. The molecule has 2 aromatic carbocycles. The average molecular weight is 390 g/mol. The van der Waals surface area contributed by atoms with E-state index in [0.717, 1.165) is 31.4 Å². The predicted octanol–water partition coefficient (Wildman–Crippen LogP) is 4.03. The first-order valence-corrected chi connectivity index (χ1v) is 10.3. The number of nitrogens with zero attached hydrogens (tertiary/aromatic N) is 2. The molecule has 29 heavy (non-hydrogen) atoms. The summed E-state index contributed by atoms with van der Waals surface area (Å²) in [6.45, 7) is 3.25. The Morgan fingerprint density at radius 3 is 2.52 bits per heavy atom. The first kappa shape index (κ1) is 19.2. The largest absolute Gasteiger partial charge is 0.496 e. The molecule has 0 unspecified atom stereocenters. The fourth-order valence-electron chi connectivity index (χ4n) is 4.20. The van der Waals surface area contributed by atoms with Gasteiger partial charge in [0, 0.05) is 24.3 Å². The van der Waals surface area contributed by atoms with Crippen molar-refractivity contribution >= 4 is 23.1 Å². The van der Waals surface area contributed by atoms with Gasteiger partial charge in [-0.25, -0.2) is 0 Å². The molecule has 5 heteroatoms. The highest BCUT2D eigenvalue weighted by Crippen LogP contribution is 2.40. The highest BCUT2D eigenvalue weighted by molar-refractivity contribution is 6.37. The number of benzene rings is 2. The Hall–Kier alpha value is -3.08. The van der Waals surface area contributed by atoms with Crippen molar-refractivity contribution in [1.29, 1.82) is 0 Å². The van der Waals surface area contributed by atoms with Gasteiger partial charge in [0.05, 0.1) is 12.7 Å². The van der Waals surface area contributed by atoms with Crippen LogP contribution in [0.1, 0.15) is 37.3 Å². The van der Waals surface area contributed by atoms with Crippen molar-refractivity contribution in [2.75, 3.05) is 25.1 Å². The van der Waals surface area contributed by atoms with Crippen molar-refractivity contribution in [2.24, 2.45) is 0 Å². The van der Waals surface area contributed by atoms with Crippen molar-refractivity contribution in [3.8, 4) is 5.75 Å². The molecule has 0 aromatic heterocycles. The molecule has 2 aliphatic heterocycles. The van der Waals surface area contributed by atoms with Gasteiger partial charge in [0.1, 0.15) is 11.4 Å². The Morgan fingerprint density at radius 2 is 1.72 bits per heavy atom. The van der Waals surface area contributed by atoms with E-state index in [0.29, 0.717) is 35.7 Å². The number of amides is 2. The van der Waals surface area contributed by atoms with Crippen LogP contribution < -0.4 is 9.64 Å². The van der Waals surface area contributed by atoms with Crippen LogP contribution in [0.15, 0.2) is 54.2 Å². The Morgan fingerprint density at radius 1 is 0.966 bits per heavy atom. The summed E-state index contributed by atoms with van der Waals surface area (Å²) in [4.78, 5) is 30.3. The molecule has 2 heterocycles. The van der Waals surface area contributed by atoms with Gasteiger partial charge in [0.25, 0.3) is 11.8 Å². The molecule has 0 fully saturated rings. The number of ether oxygens (including phenoxy) is 1. The van der Waals surface area contributed by atoms with Crippen LogP contribution in [0.5, 0.6) is 5.75 Å². The van der Waals surface area contributed by atoms with Crippen LogP contribution in [0.25, 0.3) is 5.57 Å². The molecule has 150 valence electrons. The van der Waals surface area contributed by atoms with Crippen molar-refractivity contribution < 1.29 is 14.3 Å². The third kappa shape index (κ3) is 3.31. The molecule has 0 atom stereocenters. The minimum Gasteiger partial charge on any atom is -0.496 e. The van der Waals surface area contributed by atoms with Crippen molar-refractivity contribution in [2.45, 2.75) is 32.6 Å². The van der Waals surface area contributed by atoms with Crippen LogP contribution in [0.2, 0.25) is 0 Å². The summed E-state index contributed by atoms with van der Waals surface area (Å²) >= 11 is 0. The highest BCUT2D eigenvalue weighted by atomic mass is 16.5. The number of para-hydroxylation sites is 2. The van der Waals surface area contributed by atoms with Gasteiger partial charge >= 0.3 is 0 Å². The number of methoxy groups -OCH3 is 1. The van der Waals surface area contributed by atoms with Crippen LogP contribution in [-0.2, 0) is 16.0 Å². The molecular weight excluding hydrogens is 364 g/mol. The second-order valence-electron chi connectivity index (χ2n) is 7.42. The van der Waals surface area contributed by atoms with Crippen LogP contribution in [0.3, 0.4) is 0 Å². The zero-order valence-electron chi connectivity index (χ0n) is 17.0. The highest BCUT2D eigenvalue weighted by Gasteiger charge is 2.43. The first-order chi connectivity index (χ1) is 14.2. The topological polar surface area (TPSA) is 49.9 Å². The van der Waals surface area contributed by atoms with Gasteiger partial charge in [-0.05, 0) is 30.5 Å². The fourth-order valence-corrected chi connectivity index (χ4v) is 4.20. The lowest BCUT2D eigenvalue weighted by atomic mass is 10.0. The van der Waals surface area contributed by atoms with E-state index >= 15 is 0 Å². The third-order valence-corrected chi connectivity index (χ3v) is 5.66. The number of carbonyl (C=O) groups excluding carboxylic acids is 2. The molecule has 0 aliphatic carbocycles. The standard InChI is InChI=1S/C24H26N2O3/c1-3-4-9-15-26-23(27)21(18-11-6-8-13-20(18)29-2)22(24(26)28)25-16-14-17-10-5-7-12-19(17)25/h5-8,10-13H,3-4,9,14-16H2,1-2H3. The fraction of sp³-hybridized carbons (Fsp3) is 0.333. The number of hydrogen-bond acceptors (Lipinski definition) is 4. The summed E-state index contributed by atoms with van der Waals surface area (Å²) in [5.74, 6) is 0.169. The van der Waals surface area contributed by atoms with Gasteiger partial charge < -0.3 is 9.64 Å². The average Bonchev–Trinajstić information content (AvgIpc) is 3.27. The van der Waals surface area contributed by atoms with Gasteiger partial charge in [-0.3, -0.25) is 14.5 Å². The van der Waals surface area contributed by atoms with E-state index in [-0.39, 0.29) is 11.8 Å². The smallest absolute Gasteiger partial charge is 0.278 e. The van der Waals surface area contributed by atoms with E-state index in [1.54, 1.807) is 7.11 Å². The maximum Gasteiger partial charge on any atom is 0.278 e. The van der Waals surface area contributed by atoms with Crippen molar-refractivity contribution in [1.82, 2.24) is 4.90 Å². The van der Waals surface area contributed by atoms with E-state index in [1.165, 1.54) is 10.5 Å². The summed E-state index contributed by atoms with van der Waals surface area (Å²) in [7, 11) is 1.59. The second-order valence-corrected chi connectivity index (χ2v) is 7.42. The zero-order chi connectivity index (χ0) is 20.4. The molecule has 0 saturated heterocycles. The predicted molar refractivity (Wildman–Crippen MR) is 114 cm³/mol. The first-order valence-electron chi connectivity index (χ1n) is 10.3. The number of rotatable bonds is 7. The number of fused-ring (bicyclic) bond motifs is 1. The molecule has 2 aliphatic rings. The van der Waals surface area contributed by atoms with E-state index in [9.17, 15) is 9.59 Å². The van der Waals surface area contributed by atoms with E-state index in [2.05, 4.69) is 13.0 Å². The molecule has 0 spiro atoms. The van der Waals surface area contributed by atoms with Crippen LogP contribution >= 0.6 is 0 Å². The lowest BCUT2D eigenvalue weighted by Gasteiger charge is -2.22. The molecule has 5 nitrogen and oxygen atoms in total. The molecule has 0 saturated carbocycles. The number of hydrogen-bond donors (Lipinski definition) is 0. The van der Waals surface area contributed by atoms with E-state index in [4.69, 9.17) is 4.74 Å². The molecule has 2 amide bonds. The Kier molecular flexibility index (Phi) is 5.38. The lowest BCUT2D eigenvalue weighted by molar-refractivity contribution is -0.137. The number of imide groups is 1. The zero-order valence-corrected chi connectivity index (χ0v) is 17.0. The van der Waals surface area contributed by atoms with Gasteiger partial charge in [0.2, 0.25) is 0 Å². The molecule has 0 N–H and O–H groups in total. The monoisotopic (exact) mass is 390 g/mol. The molecular formula is C24H26N2O3. The summed E-state index contributed by atoms with van der Waals surface area (Å²) in [6, 6.07) is 15.5. The Balaban J connectivity index is 1.83. The Labute approximate surface area is 171 Å². The summed E-state index contributed by atoms with van der Waals surface area (Å²) < 4.78 is 5.52. The number of unbranched alkanes of at least 4 members (excludes halogenated alkanes) is 2. The van der Waals surface area contributed by atoms with Crippen LogP contribution in [-0.4, -0.2) is 36.9 Å². The number of anilines is 1. The minimum atomic E-state index is -0.227. The summed E-state index contributed by atoms with van der Waals surface area (Å²) in [5.41, 5.74) is 3.79. The maximum atomic E-state index is 13.5. The van der Waals surface area contributed by atoms with E-state index in [1.807, 2.05) is 47.4 Å². The molecule has 0 bridgehead atoms. The van der Waals surface area contributed by atoms with Gasteiger partial charge in [-0.1, -0.05) is 56.2 Å². The maximum absolute atomic E-state index is 13.5. The van der Waals surface area contributed by atoms with Crippen molar-refractivity contribution in [3.63, 3.8) is 0 Å². The quantitative estimate of drug-likeness (QED) is 0.529. The molecule has 4 rings (SSSR count). The lowest BCUT2D eigenvalue weighted by Crippen LogP contribution is -2.35. The van der Waals surface area contributed by atoms with Gasteiger partial charge in [-0.15, -0.1) is 0 Å². The summed E-state index contributed by atoms with van der Waals surface area (Å²) in [5, 5.41) is 0. The van der Waals surface area contributed by atoms with Crippen molar-refractivity contribution in [3.05, 3.63) is 65.4 Å². The van der Waals surface area contributed by atoms with E-state index < -0.39 is 0 Å².